The molecule has 25 heavy (non-hydrogen) atoms. The minimum Gasteiger partial charge on any atom is -0.350 e. The number of hydrogen-bond donors (Lipinski definition) is 1. The first-order chi connectivity index (χ1) is 12.2. The SMILES string of the molecule is Cc1cnc2ncc(-c3ccn4nc(N[C@@H](C)C5CC5)ncc34)cn12. The summed E-state index contributed by atoms with van der Waals surface area (Å²) in [5.74, 6) is 2.14. The van der Waals surface area contributed by atoms with E-state index in [1.807, 2.05) is 46.7 Å². The van der Waals surface area contributed by atoms with Crippen LogP contribution in [0.3, 0.4) is 0 Å². The van der Waals surface area contributed by atoms with Gasteiger partial charge in [0.2, 0.25) is 11.7 Å². The average Bonchev–Trinajstić information content (AvgIpc) is 3.30. The van der Waals surface area contributed by atoms with Gasteiger partial charge < -0.3 is 5.32 Å². The van der Waals surface area contributed by atoms with Crippen LogP contribution in [-0.4, -0.2) is 35.0 Å². The van der Waals surface area contributed by atoms with Crippen LogP contribution in [0.4, 0.5) is 5.95 Å². The van der Waals surface area contributed by atoms with Gasteiger partial charge in [0, 0.05) is 41.5 Å². The van der Waals surface area contributed by atoms with Crippen LogP contribution in [0.15, 0.2) is 37.1 Å². The number of anilines is 1. The fourth-order valence-electron chi connectivity index (χ4n) is 3.26. The number of fused-ring (bicyclic) bond motifs is 2. The molecule has 1 fully saturated rings. The second kappa shape index (κ2) is 5.27. The molecular weight excluding hydrogens is 314 g/mol. The first-order valence-electron chi connectivity index (χ1n) is 8.60. The first kappa shape index (κ1) is 14.4. The van der Waals surface area contributed by atoms with Crippen LogP contribution >= 0.6 is 0 Å². The van der Waals surface area contributed by atoms with E-state index in [1.165, 1.54) is 12.8 Å². The van der Waals surface area contributed by atoms with Crippen LogP contribution in [0.5, 0.6) is 0 Å². The molecule has 0 amide bonds. The second-order valence-electron chi connectivity index (χ2n) is 6.82. The Morgan fingerprint density at radius 2 is 2.00 bits per heavy atom. The van der Waals surface area contributed by atoms with E-state index in [9.17, 15) is 0 Å². The van der Waals surface area contributed by atoms with Crippen molar-refractivity contribution in [3.63, 3.8) is 0 Å². The Bertz CT molecular complexity index is 1070. The molecule has 0 aromatic carbocycles. The molecule has 7 nitrogen and oxygen atoms in total. The van der Waals surface area contributed by atoms with Gasteiger partial charge in [0.05, 0.1) is 17.9 Å². The Morgan fingerprint density at radius 3 is 2.84 bits per heavy atom. The molecule has 0 unspecified atom stereocenters. The molecule has 4 heterocycles. The van der Waals surface area contributed by atoms with Crippen LogP contribution < -0.4 is 5.32 Å². The van der Waals surface area contributed by atoms with E-state index in [1.54, 1.807) is 0 Å². The van der Waals surface area contributed by atoms with E-state index in [4.69, 9.17) is 0 Å². The van der Waals surface area contributed by atoms with E-state index in [0.717, 1.165) is 28.3 Å². The van der Waals surface area contributed by atoms with E-state index >= 15 is 0 Å². The summed E-state index contributed by atoms with van der Waals surface area (Å²) < 4.78 is 3.86. The Kier molecular flexibility index (Phi) is 3.03. The predicted octanol–water partition coefficient (Wildman–Crippen LogP) is 2.96. The molecule has 1 N–H and O–H groups in total. The Labute approximate surface area is 144 Å². The Morgan fingerprint density at radius 1 is 1.16 bits per heavy atom. The third-order valence-electron chi connectivity index (χ3n) is 4.96. The molecule has 1 aliphatic rings. The van der Waals surface area contributed by atoms with Crippen molar-refractivity contribution in [3.8, 4) is 11.1 Å². The Hall–Kier alpha value is -2.96. The number of aryl methyl sites for hydroxylation is 1. The molecule has 0 bridgehead atoms. The van der Waals surface area contributed by atoms with Crippen molar-refractivity contribution in [2.24, 2.45) is 5.92 Å². The van der Waals surface area contributed by atoms with Crippen LogP contribution in [0.2, 0.25) is 0 Å². The lowest BCUT2D eigenvalue weighted by atomic mass is 10.1. The smallest absolute Gasteiger partial charge is 0.241 e. The standard InChI is InChI=1S/C18H19N7/c1-11-7-20-18-21-8-14(10-24(11)18)15-5-6-25-16(15)9-19-17(23-25)22-12(2)13-3-4-13/h5-10,12-13H,3-4H2,1-2H3,(H,22,23)/t12-/m0/s1. The molecule has 1 aliphatic carbocycles. The van der Waals surface area contributed by atoms with Gasteiger partial charge in [0.25, 0.3) is 0 Å². The number of rotatable bonds is 4. The highest BCUT2D eigenvalue weighted by atomic mass is 15.3. The lowest BCUT2D eigenvalue weighted by molar-refractivity contribution is 0.681. The van der Waals surface area contributed by atoms with E-state index in [2.05, 4.69) is 38.5 Å². The minimum absolute atomic E-state index is 0.420. The summed E-state index contributed by atoms with van der Waals surface area (Å²) in [6.45, 7) is 4.21. The maximum Gasteiger partial charge on any atom is 0.241 e. The van der Waals surface area contributed by atoms with E-state index in [-0.39, 0.29) is 0 Å². The zero-order valence-corrected chi connectivity index (χ0v) is 14.2. The summed E-state index contributed by atoms with van der Waals surface area (Å²) in [5, 5.41) is 8.00. The third kappa shape index (κ3) is 2.43. The molecule has 0 aliphatic heterocycles. The highest BCUT2D eigenvalue weighted by Crippen LogP contribution is 2.33. The van der Waals surface area contributed by atoms with Crippen LogP contribution in [0.1, 0.15) is 25.5 Å². The van der Waals surface area contributed by atoms with Gasteiger partial charge in [-0.15, -0.1) is 5.10 Å². The van der Waals surface area contributed by atoms with Gasteiger partial charge >= 0.3 is 0 Å². The number of aromatic nitrogens is 6. The fraction of sp³-hybridized carbons (Fsp3) is 0.333. The molecular formula is C18H19N7. The summed E-state index contributed by atoms with van der Waals surface area (Å²) in [6, 6.07) is 2.47. The molecule has 126 valence electrons. The zero-order valence-electron chi connectivity index (χ0n) is 14.2. The first-order valence-corrected chi connectivity index (χ1v) is 8.60. The molecule has 0 saturated heterocycles. The Balaban J connectivity index is 1.53. The fourth-order valence-corrected chi connectivity index (χ4v) is 3.26. The quantitative estimate of drug-likeness (QED) is 0.621. The van der Waals surface area contributed by atoms with Crippen molar-refractivity contribution in [3.05, 3.63) is 42.7 Å². The molecule has 4 aromatic rings. The summed E-state index contributed by atoms with van der Waals surface area (Å²) in [5.41, 5.74) is 4.10. The van der Waals surface area contributed by atoms with Gasteiger partial charge in [-0.1, -0.05) is 0 Å². The summed E-state index contributed by atoms with van der Waals surface area (Å²) in [4.78, 5) is 13.2. The van der Waals surface area contributed by atoms with Crippen molar-refractivity contribution in [1.82, 2.24) is 29.0 Å². The van der Waals surface area contributed by atoms with Gasteiger partial charge in [0.15, 0.2) is 0 Å². The molecule has 1 saturated carbocycles. The number of nitrogens with one attached hydrogen (secondary N) is 1. The predicted molar refractivity (Wildman–Crippen MR) is 95.5 cm³/mol. The number of nitrogens with zero attached hydrogens (tertiary/aromatic N) is 6. The third-order valence-corrected chi connectivity index (χ3v) is 4.96. The molecule has 0 radical (unpaired) electrons. The van der Waals surface area contributed by atoms with Gasteiger partial charge in [-0.25, -0.2) is 19.5 Å². The van der Waals surface area contributed by atoms with Gasteiger partial charge in [-0.3, -0.25) is 4.40 Å². The largest absolute Gasteiger partial charge is 0.350 e. The molecule has 0 spiro atoms. The molecule has 5 rings (SSSR count). The van der Waals surface area contributed by atoms with Crippen LogP contribution in [0, 0.1) is 12.8 Å². The topological polar surface area (TPSA) is 72.4 Å². The highest BCUT2D eigenvalue weighted by Gasteiger charge is 2.28. The van der Waals surface area contributed by atoms with Crippen LogP contribution in [-0.2, 0) is 0 Å². The molecule has 4 aromatic heterocycles. The average molecular weight is 333 g/mol. The van der Waals surface area contributed by atoms with Gasteiger partial charge in [-0.2, -0.15) is 0 Å². The number of imidazole rings is 1. The van der Waals surface area contributed by atoms with Crippen molar-refractivity contribution >= 4 is 17.2 Å². The van der Waals surface area contributed by atoms with Gasteiger partial charge in [0.1, 0.15) is 0 Å². The van der Waals surface area contributed by atoms with Crippen molar-refractivity contribution < 1.29 is 0 Å². The van der Waals surface area contributed by atoms with Crippen LogP contribution in [0.25, 0.3) is 22.4 Å². The monoisotopic (exact) mass is 333 g/mol. The van der Waals surface area contributed by atoms with E-state index in [0.29, 0.717) is 17.8 Å². The second-order valence-corrected chi connectivity index (χ2v) is 6.82. The summed E-state index contributed by atoms with van der Waals surface area (Å²) in [7, 11) is 0. The summed E-state index contributed by atoms with van der Waals surface area (Å²) in [6.07, 6.45) is 12.2. The molecule has 1 atom stereocenters. The van der Waals surface area contributed by atoms with Crippen molar-refractivity contribution in [1.29, 1.82) is 0 Å². The lowest BCUT2D eigenvalue weighted by Gasteiger charge is -2.12. The maximum atomic E-state index is 4.60. The summed E-state index contributed by atoms with van der Waals surface area (Å²) >= 11 is 0. The minimum atomic E-state index is 0.420. The lowest BCUT2D eigenvalue weighted by Crippen LogP contribution is -2.19. The zero-order chi connectivity index (χ0) is 17.0. The molecule has 7 heteroatoms. The maximum absolute atomic E-state index is 4.60. The number of hydrogen-bond acceptors (Lipinski definition) is 5. The normalized spacial score (nSPS) is 15.8. The van der Waals surface area contributed by atoms with Gasteiger partial charge in [-0.05, 0) is 38.7 Å². The highest BCUT2D eigenvalue weighted by molar-refractivity contribution is 5.79. The van der Waals surface area contributed by atoms with Crippen molar-refractivity contribution in [2.45, 2.75) is 32.7 Å². The van der Waals surface area contributed by atoms with Crippen molar-refractivity contribution in [2.75, 3.05) is 5.32 Å². The van der Waals surface area contributed by atoms with E-state index < -0.39 is 0 Å².